The molecule has 8 nitrogen and oxygen atoms in total. The molecule has 1 aromatic heterocycles. The first-order valence-electron chi connectivity index (χ1n) is 11.4. The highest BCUT2D eigenvalue weighted by Gasteiger charge is 2.20. The number of nitrogens with one attached hydrogen (secondary N) is 2. The normalized spacial score (nSPS) is 11.4. The molecule has 192 valence electrons. The number of aryl methyl sites for hydroxylation is 3. The monoisotopic (exact) mass is 538 g/mol. The number of halogens is 1. The Morgan fingerprint density at radius 3 is 2.41 bits per heavy atom. The summed E-state index contributed by atoms with van der Waals surface area (Å²) in [7, 11) is -0.566. The Labute approximate surface area is 221 Å². The molecule has 0 unspecified atom stereocenters. The SMILES string of the molecule is COc1ccc(C(=O)Nc2ccc(CNS(=O)(=O)c3cn(C)c(-c4ccc(C)c(C)c4)n3)cc2)cc1Cl. The Balaban J connectivity index is 1.40. The number of sulfonamides is 1. The van der Waals surface area contributed by atoms with Crippen molar-refractivity contribution in [2.45, 2.75) is 25.4 Å². The van der Waals surface area contributed by atoms with Gasteiger partial charge in [0.15, 0.2) is 5.03 Å². The molecule has 10 heteroatoms. The lowest BCUT2D eigenvalue weighted by molar-refractivity contribution is 0.102. The van der Waals surface area contributed by atoms with Gasteiger partial charge in [-0.25, -0.2) is 18.1 Å². The van der Waals surface area contributed by atoms with Crippen LogP contribution in [0.3, 0.4) is 0 Å². The number of methoxy groups -OCH3 is 1. The van der Waals surface area contributed by atoms with E-state index >= 15 is 0 Å². The van der Waals surface area contributed by atoms with Gasteiger partial charge in [-0.15, -0.1) is 0 Å². The van der Waals surface area contributed by atoms with Gasteiger partial charge in [0.25, 0.3) is 15.9 Å². The lowest BCUT2D eigenvalue weighted by Gasteiger charge is -2.09. The fraction of sp³-hybridized carbons (Fsp3) is 0.185. The molecule has 3 aromatic carbocycles. The van der Waals surface area contributed by atoms with Crippen LogP contribution in [-0.4, -0.2) is 31.0 Å². The van der Waals surface area contributed by atoms with Crippen LogP contribution in [0.5, 0.6) is 5.75 Å². The van der Waals surface area contributed by atoms with Crippen molar-refractivity contribution in [3.63, 3.8) is 0 Å². The Morgan fingerprint density at radius 1 is 1.03 bits per heavy atom. The molecule has 0 radical (unpaired) electrons. The van der Waals surface area contributed by atoms with Crippen molar-refractivity contribution in [1.29, 1.82) is 0 Å². The second-order valence-electron chi connectivity index (χ2n) is 8.64. The number of ether oxygens (including phenoxy) is 1. The number of anilines is 1. The lowest BCUT2D eigenvalue weighted by Crippen LogP contribution is -2.23. The summed E-state index contributed by atoms with van der Waals surface area (Å²) in [6.45, 7) is 4.10. The molecule has 0 saturated heterocycles. The standard InChI is InChI=1S/C27H27ClN4O4S/c1-17-5-8-20(13-18(17)2)26-31-25(16-32(26)3)37(34,35)29-15-19-6-10-22(11-7-19)30-27(33)21-9-12-24(36-4)23(28)14-21/h5-14,16,29H,15H2,1-4H3,(H,30,33). The van der Waals surface area contributed by atoms with Crippen molar-refractivity contribution in [1.82, 2.24) is 14.3 Å². The number of benzene rings is 3. The van der Waals surface area contributed by atoms with E-state index in [4.69, 9.17) is 16.3 Å². The van der Waals surface area contributed by atoms with Crippen molar-refractivity contribution >= 4 is 33.2 Å². The molecule has 0 atom stereocenters. The number of imidazole rings is 1. The summed E-state index contributed by atoms with van der Waals surface area (Å²) in [4.78, 5) is 16.9. The largest absolute Gasteiger partial charge is 0.495 e. The maximum Gasteiger partial charge on any atom is 0.259 e. The average Bonchev–Trinajstić information content (AvgIpc) is 3.27. The zero-order valence-electron chi connectivity index (χ0n) is 20.9. The number of hydrogen-bond donors (Lipinski definition) is 2. The molecule has 2 N–H and O–H groups in total. The molecular weight excluding hydrogens is 512 g/mol. The topological polar surface area (TPSA) is 102 Å². The van der Waals surface area contributed by atoms with Crippen LogP contribution in [0, 0.1) is 13.8 Å². The highest BCUT2D eigenvalue weighted by molar-refractivity contribution is 7.89. The summed E-state index contributed by atoms with van der Waals surface area (Å²) in [6, 6.07) is 17.5. The molecule has 1 heterocycles. The van der Waals surface area contributed by atoms with Gasteiger partial charge < -0.3 is 14.6 Å². The minimum Gasteiger partial charge on any atom is -0.495 e. The van der Waals surface area contributed by atoms with Crippen LogP contribution < -0.4 is 14.8 Å². The molecule has 0 fully saturated rings. The number of aromatic nitrogens is 2. The van der Waals surface area contributed by atoms with Gasteiger partial charge >= 0.3 is 0 Å². The van der Waals surface area contributed by atoms with Crippen LogP contribution in [0.25, 0.3) is 11.4 Å². The molecule has 0 aliphatic rings. The molecule has 0 aliphatic carbocycles. The lowest BCUT2D eigenvalue weighted by atomic mass is 10.1. The molecule has 0 saturated carbocycles. The highest BCUT2D eigenvalue weighted by atomic mass is 35.5. The molecular formula is C27H27ClN4O4S. The van der Waals surface area contributed by atoms with Crippen molar-refractivity contribution < 1.29 is 17.9 Å². The van der Waals surface area contributed by atoms with E-state index in [2.05, 4.69) is 15.0 Å². The summed E-state index contributed by atoms with van der Waals surface area (Å²) in [5.74, 6) is 0.728. The van der Waals surface area contributed by atoms with Crippen LogP contribution in [0.1, 0.15) is 27.0 Å². The number of carbonyl (C=O) groups excluding carboxylic acids is 1. The van der Waals surface area contributed by atoms with E-state index in [-0.39, 0.29) is 17.5 Å². The van der Waals surface area contributed by atoms with E-state index < -0.39 is 10.0 Å². The van der Waals surface area contributed by atoms with Gasteiger partial charge in [0.2, 0.25) is 0 Å². The van der Waals surface area contributed by atoms with E-state index in [1.165, 1.54) is 19.4 Å². The van der Waals surface area contributed by atoms with Gasteiger partial charge in [0.05, 0.1) is 12.1 Å². The first-order valence-corrected chi connectivity index (χ1v) is 13.3. The van der Waals surface area contributed by atoms with Gasteiger partial charge in [0, 0.05) is 36.6 Å². The van der Waals surface area contributed by atoms with Gasteiger partial charge in [-0.2, -0.15) is 0 Å². The molecule has 0 aliphatic heterocycles. The quantitative estimate of drug-likeness (QED) is 0.325. The zero-order chi connectivity index (χ0) is 26.7. The minimum absolute atomic E-state index is 0.0507. The second-order valence-corrected chi connectivity index (χ2v) is 10.8. The summed E-state index contributed by atoms with van der Waals surface area (Å²) < 4.78 is 35.2. The Hall–Kier alpha value is -3.66. The van der Waals surface area contributed by atoms with Gasteiger partial charge in [-0.3, -0.25) is 4.79 Å². The smallest absolute Gasteiger partial charge is 0.259 e. The fourth-order valence-corrected chi connectivity index (χ4v) is 4.95. The van der Waals surface area contributed by atoms with E-state index in [1.54, 1.807) is 48.0 Å². The van der Waals surface area contributed by atoms with Crippen LogP contribution in [0.4, 0.5) is 5.69 Å². The van der Waals surface area contributed by atoms with E-state index in [0.29, 0.717) is 27.8 Å². The minimum atomic E-state index is -3.84. The number of hydrogen-bond acceptors (Lipinski definition) is 5. The number of rotatable bonds is 8. The van der Waals surface area contributed by atoms with Crippen molar-refractivity contribution in [2.24, 2.45) is 7.05 Å². The van der Waals surface area contributed by atoms with E-state index in [0.717, 1.165) is 22.3 Å². The number of amides is 1. The Morgan fingerprint density at radius 2 is 1.76 bits per heavy atom. The summed E-state index contributed by atoms with van der Waals surface area (Å²) >= 11 is 6.10. The number of carbonyl (C=O) groups is 1. The van der Waals surface area contributed by atoms with Gasteiger partial charge in [-0.05, 0) is 66.9 Å². The number of nitrogens with zero attached hydrogens (tertiary/aromatic N) is 2. The predicted octanol–water partition coefficient (Wildman–Crippen LogP) is 5.10. The highest BCUT2D eigenvalue weighted by Crippen LogP contribution is 2.26. The summed E-state index contributed by atoms with van der Waals surface area (Å²) in [5, 5.41) is 3.08. The molecule has 1 amide bonds. The Kier molecular flexibility index (Phi) is 7.68. The van der Waals surface area contributed by atoms with Gasteiger partial charge in [-0.1, -0.05) is 35.9 Å². The molecule has 0 bridgehead atoms. The molecule has 4 rings (SSSR count). The van der Waals surface area contributed by atoms with Crippen molar-refractivity contribution in [3.8, 4) is 17.1 Å². The Bertz CT molecular complexity index is 1560. The summed E-state index contributed by atoms with van der Waals surface area (Å²) in [6.07, 6.45) is 1.50. The third-order valence-electron chi connectivity index (χ3n) is 5.99. The molecule has 4 aromatic rings. The van der Waals surface area contributed by atoms with Crippen LogP contribution in [-0.2, 0) is 23.6 Å². The van der Waals surface area contributed by atoms with Crippen LogP contribution in [0.2, 0.25) is 5.02 Å². The van der Waals surface area contributed by atoms with Crippen LogP contribution in [0.15, 0.2) is 71.9 Å². The van der Waals surface area contributed by atoms with Crippen molar-refractivity contribution in [3.05, 3.63) is 94.1 Å². The summed E-state index contributed by atoms with van der Waals surface area (Å²) in [5.41, 5.74) is 4.78. The maximum atomic E-state index is 12.9. The zero-order valence-corrected chi connectivity index (χ0v) is 22.4. The predicted molar refractivity (Wildman–Crippen MR) is 145 cm³/mol. The van der Waals surface area contributed by atoms with E-state index in [1.807, 2.05) is 32.0 Å². The molecule has 0 spiro atoms. The first-order chi connectivity index (χ1) is 17.6. The third kappa shape index (κ3) is 6.02. The van der Waals surface area contributed by atoms with Crippen LogP contribution >= 0.6 is 11.6 Å². The maximum absolute atomic E-state index is 12.9. The van der Waals surface area contributed by atoms with Crippen molar-refractivity contribution in [2.75, 3.05) is 12.4 Å². The third-order valence-corrected chi connectivity index (χ3v) is 7.55. The van der Waals surface area contributed by atoms with Gasteiger partial charge in [0.1, 0.15) is 11.6 Å². The fourth-order valence-electron chi connectivity index (χ4n) is 3.69. The second kappa shape index (κ2) is 10.8. The average molecular weight is 539 g/mol. The first kappa shape index (κ1) is 26.4. The molecule has 37 heavy (non-hydrogen) atoms. The van der Waals surface area contributed by atoms with E-state index in [9.17, 15) is 13.2 Å².